The van der Waals surface area contributed by atoms with Crippen molar-refractivity contribution < 1.29 is 17.9 Å². The van der Waals surface area contributed by atoms with Gasteiger partial charge >= 0.3 is 0 Å². The lowest BCUT2D eigenvalue weighted by Crippen LogP contribution is -2.01. The normalized spacial score (nSPS) is 10.7. The highest BCUT2D eigenvalue weighted by molar-refractivity contribution is 6.30. The van der Waals surface area contributed by atoms with Gasteiger partial charge in [-0.2, -0.15) is 0 Å². The molecule has 2 aromatic rings. The molecule has 0 fully saturated rings. The first-order valence-electron chi connectivity index (χ1n) is 5.62. The van der Waals surface area contributed by atoms with Gasteiger partial charge in [-0.05, 0) is 35.4 Å². The summed E-state index contributed by atoms with van der Waals surface area (Å²) < 4.78 is 45.3. The third-order valence-corrected chi connectivity index (χ3v) is 3.18. The molecule has 2 aromatic carbocycles. The molecule has 0 saturated carbocycles. The van der Waals surface area contributed by atoms with Crippen LogP contribution >= 0.6 is 23.2 Å². The van der Waals surface area contributed by atoms with E-state index in [2.05, 4.69) is 0 Å². The van der Waals surface area contributed by atoms with Gasteiger partial charge in [0, 0.05) is 5.88 Å². The lowest BCUT2D eigenvalue weighted by molar-refractivity contribution is 0.274. The third-order valence-electron chi connectivity index (χ3n) is 2.58. The van der Waals surface area contributed by atoms with E-state index in [1.54, 1.807) is 0 Å². The van der Waals surface area contributed by atoms with Gasteiger partial charge in [0.25, 0.3) is 0 Å². The lowest BCUT2D eigenvalue weighted by Gasteiger charge is -2.10. The van der Waals surface area contributed by atoms with Gasteiger partial charge in [-0.15, -0.1) is 11.6 Å². The average Bonchev–Trinajstić information content (AvgIpc) is 2.41. The summed E-state index contributed by atoms with van der Waals surface area (Å²) in [5, 5.41) is -0.0791. The van der Waals surface area contributed by atoms with Crippen LogP contribution in [0.1, 0.15) is 11.1 Å². The van der Waals surface area contributed by atoms with Gasteiger partial charge in [0.05, 0.1) is 5.02 Å². The number of hydrogen-bond acceptors (Lipinski definition) is 1. The van der Waals surface area contributed by atoms with Gasteiger partial charge < -0.3 is 4.74 Å². The zero-order chi connectivity index (χ0) is 14.7. The lowest BCUT2D eigenvalue weighted by atomic mass is 10.2. The van der Waals surface area contributed by atoms with Crippen LogP contribution in [0.15, 0.2) is 30.3 Å². The predicted molar refractivity (Wildman–Crippen MR) is 71.7 cm³/mol. The van der Waals surface area contributed by atoms with E-state index in [1.807, 2.05) is 0 Å². The molecular formula is C14H9Cl2F3O. The van der Waals surface area contributed by atoms with Crippen LogP contribution in [0.3, 0.4) is 0 Å². The maximum absolute atomic E-state index is 13.6. The number of alkyl halides is 1. The largest absolute Gasteiger partial charge is 0.483 e. The first kappa shape index (κ1) is 15.0. The van der Waals surface area contributed by atoms with E-state index >= 15 is 0 Å². The smallest absolute Gasteiger partial charge is 0.191 e. The van der Waals surface area contributed by atoms with Crippen molar-refractivity contribution in [1.29, 1.82) is 0 Å². The summed E-state index contributed by atoms with van der Waals surface area (Å²) in [6, 6.07) is 6.11. The standard InChI is InChI=1S/C14H9Cl2F3O/c15-6-9-4-12(18)14(13(19)5-9)20-7-8-1-2-11(17)10(16)3-8/h1-5H,6-7H2. The Bertz CT molecular complexity index is 609. The molecule has 6 heteroatoms. The van der Waals surface area contributed by atoms with Crippen LogP contribution in [-0.4, -0.2) is 0 Å². The Balaban J connectivity index is 2.16. The molecule has 0 aliphatic carbocycles. The highest BCUT2D eigenvalue weighted by atomic mass is 35.5. The molecule has 0 heterocycles. The summed E-state index contributed by atoms with van der Waals surface area (Å²) in [5.41, 5.74) is 0.815. The molecule has 0 aromatic heterocycles. The molecule has 0 unspecified atom stereocenters. The van der Waals surface area contributed by atoms with E-state index in [1.165, 1.54) is 12.1 Å². The number of ether oxygens (including phenoxy) is 1. The van der Waals surface area contributed by atoms with E-state index in [-0.39, 0.29) is 17.5 Å². The molecule has 20 heavy (non-hydrogen) atoms. The second kappa shape index (κ2) is 6.37. The molecule has 0 spiro atoms. The first-order valence-corrected chi connectivity index (χ1v) is 6.53. The molecule has 0 amide bonds. The Kier molecular flexibility index (Phi) is 4.78. The highest BCUT2D eigenvalue weighted by Gasteiger charge is 2.13. The van der Waals surface area contributed by atoms with Gasteiger partial charge in [0.1, 0.15) is 12.4 Å². The van der Waals surface area contributed by atoms with Gasteiger partial charge in [0.15, 0.2) is 17.4 Å². The van der Waals surface area contributed by atoms with Crippen molar-refractivity contribution in [3.05, 3.63) is 63.9 Å². The molecule has 1 nitrogen and oxygen atoms in total. The average molecular weight is 321 g/mol. The van der Waals surface area contributed by atoms with Crippen molar-refractivity contribution in [3.8, 4) is 5.75 Å². The van der Waals surface area contributed by atoms with Crippen LogP contribution in [0.2, 0.25) is 5.02 Å². The molecule has 0 saturated heterocycles. The van der Waals surface area contributed by atoms with Gasteiger partial charge in [0.2, 0.25) is 0 Å². The number of rotatable bonds is 4. The van der Waals surface area contributed by atoms with Gasteiger partial charge in [-0.3, -0.25) is 0 Å². The monoisotopic (exact) mass is 320 g/mol. The zero-order valence-corrected chi connectivity index (χ0v) is 11.6. The number of benzene rings is 2. The molecular weight excluding hydrogens is 312 g/mol. The van der Waals surface area contributed by atoms with Gasteiger partial charge in [-0.25, -0.2) is 13.2 Å². The minimum Gasteiger partial charge on any atom is -0.483 e. The summed E-state index contributed by atoms with van der Waals surface area (Å²) in [5.74, 6) is -2.75. The SMILES string of the molecule is Fc1ccc(COc2c(F)cc(CCl)cc2F)cc1Cl. The second-order valence-electron chi connectivity index (χ2n) is 4.06. The molecule has 0 N–H and O–H groups in total. The Morgan fingerprint density at radius 3 is 2.10 bits per heavy atom. The van der Waals surface area contributed by atoms with Crippen LogP contribution in [-0.2, 0) is 12.5 Å². The van der Waals surface area contributed by atoms with E-state index in [0.717, 1.165) is 18.2 Å². The minimum absolute atomic E-state index is 0.00168. The predicted octanol–water partition coefficient (Wildman–Crippen LogP) is 5.08. The quantitative estimate of drug-likeness (QED) is 0.714. The van der Waals surface area contributed by atoms with Crippen molar-refractivity contribution in [2.75, 3.05) is 0 Å². The Hall–Kier alpha value is -1.39. The van der Waals surface area contributed by atoms with Crippen LogP contribution < -0.4 is 4.74 Å². The van der Waals surface area contributed by atoms with Crippen LogP contribution in [0.5, 0.6) is 5.75 Å². The van der Waals surface area contributed by atoms with Crippen molar-refractivity contribution >= 4 is 23.2 Å². The van der Waals surface area contributed by atoms with E-state index in [0.29, 0.717) is 11.1 Å². The Morgan fingerprint density at radius 1 is 0.900 bits per heavy atom. The Morgan fingerprint density at radius 2 is 1.55 bits per heavy atom. The Labute approximate surface area is 123 Å². The summed E-state index contributed by atoms with van der Waals surface area (Å²) in [6.07, 6.45) is 0. The molecule has 0 bridgehead atoms. The first-order chi connectivity index (χ1) is 9.51. The van der Waals surface area contributed by atoms with Crippen LogP contribution in [0, 0.1) is 17.5 Å². The minimum atomic E-state index is -0.839. The number of halogens is 5. The van der Waals surface area contributed by atoms with Crippen LogP contribution in [0.4, 0.5) is 13.2 Å². The van der Waals surface area contributed by atoms with Gasteiger partial charge in [-0.1, -0.05) is 17.7 Å². The topological polar surface area (TPSA) is 9.23 Å². The molecule has 106 valence electrons. The maximum atomic E-state index is 13.6. The van der Waals surface area contributed by atoms with E-state index < -0.39 is 23.2 Å². The molecule has 0 atom stereocenters. The zero-order valence-electron chi connectivity index (χ0n) is 10.1. The molecule has 0 aliphatic rings. The summed E-state index contributed by atoms with van der Waals surface area (Å²) in [4.78, 5) is 0. The highest BCUT2D eigenvalue weighted by Crippen LogP contribution is 2.25. The summed E-state index contributed by atoms with van der Waals surface area (Å²) in [6.45, 7) is -0.131. The second-order valence-corrected chi connectivity index (χ2v) is 4.73. The maximum Gasteiger partial charge on any atom is 0.191 e. The van der Waals surface area contributed by atoms with Crippen LogP contribution in [0.25, 0.3) is 0 Å². The summed E-state index contributed by atoms with van der Waals surface area (Å²) >= 11 is 11.1. The van der Waals surface area contributed by atoms with Crippen molar-refractivity contribution in [2.24, 2.45) is 0 Å². The fourth-order valence-corrected chi connectivity index (χ4v) is 1.97. The number of hydrogen-bond donors (Lipinski definition) is 0. The fraction of sp³-hybridized carbons (Fsp3) is 0.143. The third kappa shape index (κ3) is 3.38. The van der Waals surface area contributed by atoms with Crippen molar-refractivity contribution in [2.45, 2.75) is 12.5 Å². The molecule has 0 aliphatic heterocycles. The summed E-state index contributed by atoms with van der Waals surface area (Å²) in [7, 11) is 0. The van der Waals surface area contributed by atoms with E-state index in [9.17, 15) is 13.2 Å². The molecule has 2 rings (SSSR count). The fourth-order valence-electron chi connectivity index (χ4n) is 1.61. The van der Waals surface area contributed by atoms with Crippen molar-refractivity contribution in [1.82, 2.24) is 0 Å². The van der Waals surface area contributed by atoms with Crippen molar-refractivity contribution in [3.63, 3.8) is 0 Å². The molecule has 0 radical (unpaired) electrons. The van der Waals surface area contributed by atoms with E-state index in [4.69, 9.17) is 27.9 Å².